The molecule has 1 saturated carbocycles. The van der Waals surface area contributed by atoms with Crippen LogP contribution in [0.5, 0.6) is 0 Å². The third kappa shape index (κ3) is 4.25. The molecule has 1 saturated heterocycles. The number of aromatic nitrogens is 1. The normalized spacial score (nSPS) is 19.8. The van der Waals surface area contributed by atoms with E-state index in [1.165, 1.54) is 28.4 Å². The predicted molar refractivity (Wildman–Crippen MR) is 81.0 cm³/mol. The lowest BCUT2D eigenvalue weighted by atomic mass is 10.2. The maximum Gasteiger partial charge on any atom is 0.303 e. The molecule has 0 atom stereocenters. The minimum atomic E-state index is -0.722. The quantitative estimate of drug-likeness (QED) is 0.833. The summed E-state index contributed by atoms with van der Waals surface area (Å²) in [5, 5.41) is 10.0. The lowest BCUT2D eigenvalue weighted by molar-refractivity contribution is -0.136. The van der Waals surface area contributed by atoms with Crippen LogP contribution in [0.4, 0.5) is 0 Å². The maximum absolute atomic E-state index is 10.8. The van der Waals surface area contributed by atoms with Crippen LogP contribution < -0.4 is 0 Å². The predicted octanol–water partition coefficient (Wildman–Crippen LogP) is 1.91. The molecule has 21 heavy (non-hydrogen) atoms. The zero-order valence-corrected chi connectivity index (χ0v) is 13.0. The number of nitrogens with zero attached hydrogens (tertiary/aromatic N) is 2. The highest BCUT2D eigenvalue weighted by molar-refractivity contribution is 7.11. The molecule has 0 radical (unpaired) electrons. The van der Waals surface area contributed by atoms with Crippen molar-refractivity contribution < 1.29 is 14.6 Å². The molecule has 1 aromatic rings. The van der Waals surface area contributed by atoms with E-state index in [2.05, 4.69) is 4.90 Å². The Kier molecular flexibility index (Phi) is 4.87. The van der Waals surface area contributed by atoms with Crippen LogP contribution in [0, 0.1) is 0 Å². The molecule has 0 aromatic carbocycles. The van der Waals surface area contributed by atoms with Crippen molar-refractivity contribution in [1.29, 1.82) is 0 Å². The number of hydrogen-bond acceptors (Lipinski definition) is 5. The van der Waals surface area contributed by atoms with Gasteiger partial charge in [-0.3, -0.25) is 9.69 Å². The van der Waals surface area contributed by atoms with Crippen molar-refractivity contribution in [1.82, 2.24) is 9.88 Å². The summed E-state index contributed by atoms with van der Waals surface area (Å²) >= 11 is 1.73. The summed E-state index contributed by atoms with van der Waals surface area (Å²) in [6.45, 7) is 4.70. The number of morpholine rings is 1. The number of aryl methyl sites for hydroxylation is 1. The second-order valence-electron chi connectivity index (χ2n) is 5.79. The van der Waals surface area contributed by atoms with Crippen molar-refractivity contribution in [3.8, 4) is 0 Å². The van der Waals surface area contributed by atoms with E-state index in [1.807, 2.05) is 0 Å². The van der Waals surface area contributed by atoms with E-state index in [0.29, 0.717) is 12.3 Å². The summed E-state index contributed by atoms with van der Waals surface area (Å²) in [5.41, 5.74) is 1.19. The highest BCUT2D eigenvalue weighted by Crippen LogP contribution is 2.43. The average molecular weight is 310 g/mol. The minimum Gasteiger partial charge on any atom is -0.481 e. The van der Waals surface area contributed by atoms with Gasteiger partial charge in [-0.2, -0.15) is 0 Å². The summed E-state index contributed by atoms with van der Waals surface area (Å²) in [6, 6.07) is 0. The minimum absolute atomic E-state index is 0.213. The molecule has 1 aliphatic heterocycles. The molecule has 2 aliphatic rings. The van der Waals surface area contributed by atoms with Crippen LogP contribution >= 0.6 is 11.3 Å². The highest BCUT2D eigenvalue weighted by atomic mass is 32.1. The van der Waals surface area contributed by atoms with Gasteiger partial charge in [-0.15, -0.1) is 11.3 Å². The first-order valence-electron chi connectivity index (χ1n) is 7.73. The molecular weight excluding hydrogens is 288 g/mol. The fraction of sp³-hybridized carbons (Fsp3) is 0.733. The molecule has 0 amide bonds. The number of carbonyl (C=O) groups is 1. The van der Waals surface area contributed by atoms with Gasteiger partial charge in [0.05, 0.1) is 30.3 Å². The van der Waals surface area contributed by atoms with Crippen LogP contribution in [0.3, 0.4) is 0 Å². The van der Waals surface area contributed by atoms with E-state index in [4.69, 9.17) is 14.8 Å². The van der Waals surface area contributed by atoms with Crippen molar-refractivity contribution in [2.75, 3.05) is 32.8 Å². The number of rotatable bonds is 7. The molecule has 6 heteroatoms. The fourth-order valence-corrected chi connectivity index (χ4v) is 3.82. The van der Waals surface area contributed by atoms with E-state index in [0.717, 1.165) is 39.3 Å². The molecule has 2 heterocycles. The Morgan fingerprint density at radius 3 is 2.76 bits per heavy atom. The second-order valence-corrected chi connectivity index (χ2v) is 6.96. The smallest absolute Gasteiger partial charge is 0.303 e. The molecule has 5 nitrogen and oxygen atoms in total. The Balaban J connectivity index is 1.59. The van der Waals surface area contributed by atoms with Crippen molar-refractivity contribution in [2.45, 2.75) is 38.0 Å². The first-order valence-corrected chi connectivity index (χ1v) is 8.54. The van der Waals surface area contributed by atoms with E-state index < -0.39 is 5.97 Å². The summed E-state index contributed by atoms with van der Waals surface area (Å²) in [5.74, 6) is -0.123. The van der Waals surface area contributed by atoms with E-state index in [-0.39, 0.29) is 6.42 Å². The van der Waals surface area contributed by atoms with Gasteiger partial charge in [-0.05, 0) is 19.3 Å². The molecule has 0 spiro atoms. The zero-order valence-electron chi connectivity index (χ0n) is 12.2. The molecule has 1 N–H and O–H groups in total. The number of carboxylic acids is 1. The Morgan fingerprint density at radius 2 is 2.10 bits per heavy atom. The van der Waals surface area contributed by atoms with E-state index >= 15 is 0 Å². The molecular formula is C15H22N2O3S. The van der Waals surface area contributed by atoms with Gasteiger partial charge in [-0.1, -0.05) is 0 Å². The van der Waals surface area contributed by atoms with Crippen molar-refractivity contribution in [3.05, 3.63) is 15.6 Å². The number of ether oxygens (including phenoxy) is 1. The Morgan fingerprint density at radius 1 is 1.33 bits per heavy atom. The van der Waals surface area contributed by atoms with Crippen LogP contribution in [-0.4, -0.2) is 53.8 Å². The van der Waals surface area contributed by atoms with Crippen molar-refractivity contribution in [3.63, 3.8) is 0 Å². The molecule has 3 rings (SSSR count). The highest BCUT2D eigenvalue weighted by Gasteiger charge is 2.29. The standard InChI is InChI=1S/C15H22N2O3S/c18-14(19)4-3-12-15(11-1-2-11)16-13(21-12)5-6-17-7-9-20-10-8-17/h11H,1-10H2,(H,18,19). The Labute approximate surface area is 128 Å². The van der Waals surface area contributed by atoms with Gasteiger partial charge >= 0.3 is 5.97 Å². The van der Waals surface area contributed by atoms with Gasteiger partial charge in [0, 0.05) is 36.9 Å². The van der Waals surface area contributed by atoms with E-state index in [1.54, 1.807) is 11.3 Å². The first kappa shape index (κ1) is 14.9. The number of carboxylic acid groups (broad SMARTS) is 1. The lowest BCUT2D eigenvalue weighted by Crippen LogP contribution is -2.37. The molecule has 0 unspecified atom stereocenters. The number of aliphatic carboxylic acids is 1. The van der Waals surface area contributed by atoms with Crippen LogP contribution in [0.2, 0.25) is 0 Å². The van der Waals surface area contributed by atoms with Gasteiger partial charge in [0.1, 0.15) is 0 Å². The van der Waals surface area contributed by atoms with Gasteiger partial charge in [0.15, 0.2) is 0 Å². The number of hydrogen-bond donors (Lipinski definition) is 1. The maximum atomic E-state index is 10.8. The molecule has 2 fully saturated rings. The molecule has 116 valence electrons. The summed E-state index contributed by atoms with van der Waals surface area (Å²) < 4.78 is 5.36. The second kappa shape index (κ2) is 6.85. The largest absolute Gasteiger partial charge is 0.481 e. The van der Waals surface area contributed by atoms with Crippen LogP contribution in [0.15, 0.2) is 0 Å². The van der Waals surface area contributed by atoms with Crippen LogP contribution in [0.25, 0.3) is 0 Å². The van der Waals surface area contributed by atoms with Gasteiger partial charge in [0.2, 0.25) is 0 Å². The fourth-order valence-electron chi connectivity index (χ4n) is 2.67. The Hall–Kier alpha value is -0.980. The monoisotopic (exact) mass is 310 g/mol. The first-order chi connectivity index (χ1) is 10.2. The summed E-state index contributed by atoms with van der Waals surface area (Å²) in [6.07, 6.45) is 4.25. The van der Waals surface area contributed by atoms with Gasteiger partial charge < -0.3 is 9.84 Å². The average Bonchev–Trinajstić information content (AvgIpc) is 3.25. The van der Waals surface area contributed by atoms with Gasteiger partial charge in [-0.25, -0.2) is 4.98 Å². The van der Waals surface area contributed by atoms with E-state index in [9.17, 15) is 4.79 Å². The topological polar surface area (TPSA) is 62.7 Å². The lowest BCUT2D eigenvalue weighted by Gasteiger charge is -2.25. The van der Waals surface area contributed by atoms with Gasteiger partial charge in [0.25, 0.3) is 0 Å². The van der Waals surface area contributed by atoms with Crippen molar-refractivity contribution >= 4 is 17.3 Å². The molecule has 0 bridgehead atoms. The molecule has 1 aromatic heterocycles. The SMILES string of the molecule is O=C(O)CCc1sc(CCN2CCOCC2)nc1C1CC1. The van der Waals surface area contributed by atoms with Crippen molar-refractivity contribution in [2.24, 2.45) is 0 Å². The summed E-state index contributed by atoms with van der Waals surface area (Å²) in [4.78, 5) is 19.2. The zero-order chi connectivity index (χ0) is 14.7. The number of thiazole rings is 1. The third-order valence-corrected chi connectivity index (χ3v) is 5.24. The summed E-state index contributed by atoms with van der Waals surface area (Å²) in [7, 11) is 0. The van der Waals surface area contributed by atoms with Crippen LogP contribution in [0.1, 0.15) is 40.8 Å². The third-order valence-electron chi connectivity index (χ3n) is 4.05. The van der Waals surface area contributed by atoms with Crippen LogP contribution in [-0.2, 0) is 22.4 Å². The molecule has 1 aliphatic carbocycles. The Bertz CT molecular complexity index is 493.